The SMILES string of the molecule is CCC(=O)O[C@H]1[C@@H](OC(=O)CC)[C@](C#N)(c2ccc3c(N)ncnn23)O[C@@H]1COP(=O)(N[C@@H](C)C(=O)OC1CC2(C1)CC(c1nc(N)c3ccc([C@]4(C#N)O[C@H](COP(=O)(N[C@@H](C)C(=O)OC5CCCCC5)Oc5ccc(C(C)(C)C)cc5)[C@@H](OC(C)=O)[C@H]4OC(C)=O)n3n1)C2)Oc1ccc(C(C)(C)C)cc1. The molecule has 3 aliphatic carbocycles. The predicted molar refractivity (Wildman–Crippen MR) is 381 cm³/mol. The van der Waals surface area contributed by atoms with Crippen molar-refractivity contribution in [2.45, 2.75) is 243 Å². The van der Waals surface area contributed by atoms with E-state index in [1.807, 2.05) is 41.5 Å². The summed E-state index contributed by atoms with van der Waals surface area (Å²) in [7, 11) is -9.42. The molecule has 2 unspecified atom stereocenters. The molecule has 6 N–H and O–H groups in total. The Morgan fingerprint density at radius 2 is 1.07 bits per heavy atom. The fourth-order valence-corrected chi connectivity index (χ4v) is 17.3. The van der Waals surface area contributed by atoms with Gasteiger partial charge in [0.1, 0.15) is 77.5 Å². The van der Waals surface area contributed by atoms with E-state index in [-0.39, 0.29) is 92.5 Å². The van der Waals surface area contributed by atoms with E-state index in [9.17, 15) is 39.3 Å². The molecule has 2 aliphatic heterocycles. The lowest BCUT2D eigenvalue weighted by molar-refractivity contribution is -0.171. The average molecular weight is 1520 g/mol. The molecule has 11 rings (SSSR count). The summed E-state index contributed by atoms with van der Waals surface area (Å²) in [5, 5.41) is 37.2. The molecule has 2 saturated heterocycles. The molecule has 12 atom stereocenters. The second-order valence-corrected chi connectivity index (χ2v) is 33.4. The number of anilines is 2. The van der Waals surface area contributed by atoms with Gasteiger partial charge in [-0.05, 0) is 141 Å². The quantitative estimate of drug-likeness (QED) is 0.0211. The molecule has 0 amide bonds. The van der Waals surface area contributed by atoms with Gasteiger partial charge in [0.25, 0.3) is 0 Å². The van der Waals surface area contributed by atoms with Crippen LogP contribution in [0.4, 0.5) is 11.6 Å². The van der Waals surface area contributed by atoms with E-state index < -0.39 is 131 Å². The topological polar surface area (TPSA) is 431 Å². The van der Waals surface area contributed by atoms with Gasteiger partial charge in [-0.2, -0.15) is 30.9 Å². The number of ether oxygens (including phenoxy) is 8. The number of nitriles is 2. The number of hydrogen-bond acceptors (Lipinski definition) is 28. The van der Waals surface area contributed by atoms with Crippen LogP contribution in [0.1, 0.15) is 188 Å². The number of nitrogens with one attached hydrogen (secondary N) is 2. The normalized spacial score (nSPS) is 26.7. The number of carbonyl (C=O) groups is 6. The zero-order chi connectivity index (χ0) is 77.3. The van der Waals surface area contributed by atoms with Crippen LogP contribution in [0.25, 0.3) is 11.0 Å². The summed E-state index contributed by atoms with van der Waals surface area (Å²) in [5.74, 6) is -4.60. The Kier molecular flexibility index (Phi) is 23.1. The van der Waals surface area contributed by atoms with Gasteiger partial charge in [-0.1, -0.05) is 86.1 Å². The lowest BCUT2D eigenvalue weighted by Gasteiger charge is -2.56. The summed E-state index contributed by atoms with van der Waals surface area (Å²) in [4.78, 5) is 89.1. The predicted octanol–water partition coefficient (Wildman–Crippen LogP) is 9.78. The third-order valence-electron chi connectivity index (χ3n) is 19.9. The van der Waals surface area contributed by atoms with Gasteiger partial charge in [0.05, 0.1) is 24.6 Å². The number of carbonyl (C=O) groups excluding carboxylic acids is 6. The van der Waals surface area contributed by atoms with E-state index in [4.69, 9.17) is 72.6 Å². The van der Waals surface area contributed by atoms with Crippen molar-refractivity contribution in [1.82, 2.24) is 39.4 Å². The van der Waals surface area contributed by atoms with Gasteiger partial charge in [-0.3, -0.25) is 37.8 Å². The molecule has 32 nitrogen and oxygen atoms in total. The highest BCUT2D eigenvalue weighted by molar-refractivity contribution is 7.52. The van der Waals surface area contributed by atoms with Crippen molar-refractivity contribution in [2.24, 2.45) is 5.41 Å². The Labute approximate surface area is 618 Å². The maximum absolute atomic E-state index is 15.3. The maximum atomic E-state index is 15.3. The third kappa shape index (κ3) is 17.0. The Bertz CT molecular complexity index is 4510. The summed E-state index contributed by atoms with van der Waals surface area (Å²) in [6.45, 7) is 18.7. The molecule has 107 heavy (non-hydrogen) atoms. The van der Waals surface area contributed by atoms with Crippen molar-refractivity contribution in [2.75, 3.05) is 24.7 Å². The lowest BCUT2D eigenvalue weighted by Crippen LogP contribution is -2.52. The van der Waals surface area contributed by atoms with Crippen molar-refractivity contribution >= 4 is 74.0 Å². The Morgan fingerprint density at radius 1 is 0.607 bits per heavy atom. The van der Waals surface area contributed by atoms with E-state index in [0.29, 0.717) is 38.5 Å². The number of fused-ring (bicyclic) bond motifs is 2. The average Bonchev–Trinajstić information content (AvgIpc) is 1.70. The molecular weight excluding hydrogens is 1430 g/mol. The minimum Gasteiger partial charge on any atom is -0.461 e. The van der Waals surface area contributed by atoms with Crippen LogP contribution in [0.2, 0.25) is 0 Å². The number of rotatable bonds is 27. The Balaban J connectivity index is 0.795. The molecule has 2 aromatic carbocycles. The number of hydrogen-bond donors (Lipinski definition) is 4. The van der Waals surface area contributed by atoms with E-state index in [1.54, 1.807) is 48.5 Å². The molecule has 6 aromatic rings. The van der Waals surface area contributed by atoms with Gasteiger partial charge in [0.15, 0.2) is 41.9 Å². The lowest BCUT2D eigenvalue weighted by atomic mass is 9.50. The first-order valence-corrected chi connectivity index (χ1v) is 38.9. The zero-order valence-electron chi connectivity index (χ0n) is 61.8. The van der Waals surface area contributed by atoms with E-state index in [2.05, 4.69) is 37.4 Å². The fraction of sp³-hybridized carbons (Fsp3) is 0.562. The minimum absolute atomic E-state index is 0.0124. The van der Waals surface area contributed by atoms with Crippen LogP contribution in [-0.2, 0) is 107 Å². The largest absolute Gasteiger partial charge is 0.461 e. The Morgan fingerprint density at radius 3 is 1.54 bits per heavy atom. The smallest absolute Gasteiger partial charge is 0.459 e. The highest BCUT2D eigenvalue weighted by atomic mass is 31.2. The molecule has 1 spiro atoms. The fourth-order valence-electron chi connectivity index (χ4n) is 14.3. The van der Waals surface area contributed by atoms with Crippen LogP contribution in [0, 0.1) is 28.1 Å². The number of nitrogen functional groups attached to an aromatic ring is 2. The van der Waals surface area contributed by atoms with Gasteiger partial charge in [0, 0.05) is 32.6 Å². The molecule has 6 heterocycles. The highest BCUT2D eigenvalue weighted by Gasteiger charge is 2.65. The molecule has 4 aromatic heterocycles. The van der Waals surface area contributed by atoms with Gasteiger partial charge in [0.2, 0.25) is 11.2 Å². The molecule has 574 valence electrons. The van der Waals surface area contributed by atoms with E-state index in [0.717, 1.165) is 50.6 Å². The van der Waals surface area contributed by atoms with Crippen LogP contribution in [0.5, 0.6) is 11.5 Å². The Hall–Kier alpha value is -9.10. The molecule has 0 radical (unpaired) electrons. The number of nitrogens with zero attached hydrogens (tertiary/aromatic N) is 8. The summed E-state index contributed by atoms with van der Waals surface area (Å²) in [5.41, 5.74) is 9.77. The van der Waals surface area contributed by atoms with Crippen molar-refractivity contribution in [3.8, 4) is 23.6 Å². The number of benzene rings is 2. The van der Waals surface area contributed by atoms with Gasteiger partial charge in [-0.15, -0.1) is 0 Å². The maximum Gasteiger partial charge on any atom is 0.459 e. The van der Waals surface area contributed by atoms with Gasteiger partial charge < -0.3 is 58.4 Å². The van der Waals surface area contributed by atoms with E-state index in [1.165, 1.54) is 61.0 Å². The van der Waals surface area contributed by atoms with Crippen molar-refractivity contribution in [1.29, 1.82) is 10.5 Å². The second kappa shape index (κ2) is 31.2. The van der Waals surface area contributed by atoms with Crippen LogP contribution in [0.3, 0.4) is 0 Å². The van der Waals surface area contributed by atoms with Gasteiger partial charge in [-0.25, -0.2) is 28.1 Å². The molecule has 3 saturated carbocycles. The van der Waals surface area contributed by atoms with E-state index >= 15 is 9.13 Å². The first-order chi connectivity index (χ1) is 50.6. The molecular formula is C73H92N12O20P2. The summed E-state index contributed by atoms with van der Waals surface area (Å²) in [6.07, 6.45) is -3.63. The molecule has 5 fully saturated rings. The zero-order valence-corrected chi connectivity index (χ0v) is 63.6. The van der Waals surface area contributed by atoms with Crippen LogP contribution < -0.4 is 30.7 Å². The van der Waals surface area contributed by atoms with Crippen LogP contribution in [-0.4, -0.2) is 139 Å². The third-order valence-corrected chi connectivity index (χ3v) is 23.2. The van der Waals surface area contributed by atoms with Crippen molar-refractivity contribution in [3.05, 3.63) is 107 Å². The number of aromatic nitrogens is 6. The molecule has 5 aliphatic rings. The summed E-state index contributed by atoms with van der Waals surface area (Å²) < 4.78 is 106. The first kappa shape index (κ1) is 79.0. The minimum atomic E-state index is -4.76. The second-order valence-electron chi connectivity index (χ2n) is 30.0. The van der Waals surface area contributed by atoms with Crippen LogP contribution >= 0.6 is 15.5 Å². The first-order valence-electron chi connectivity index (χ1n) is 35.8. The standard InChI is InChI=1S/C73H92N12O20P2/c1-13-58(88)100-61-55(103-72(38-74,63(61)101-59(89)14-2)56-30-28-52-64(76)78-40-79-84(52)56)37-95-107(93,105-50-26-22-47(23-27-50)70(10,11)12)83-42(4)68(91)99-51-34-71(35-51)32-45(33-71)66-80-65(77)53-29-31-57(85(53)81-66)73(39-75)62(97-44(6)87)60(96-43(5)86)54(102-73)36-94-106(92,104-49-24-20-46(21-25-49)69(7,8)9)82-41(3)67(90)98-48-18-16-15-17-19-48/h20-31,40-42,45,48,51,54-55,60-63H,13-19,32-37H2,1-12H3,(H,82,92)(H,83,93)(H2,76,78,79)(H2,77,80,81)/t41-,42-,45?,51?,54+,55+,60+,61+,62+,63+,71?,72-,73-,106?,107?/m0/s1. The summed E-state index contributed by atoms with van der Waals surface area (Å²) >= 11 is 0. The summed E-state index contributed by atoms with van der Waals surface area (Å²) in [6, 6.07) is 21.2. The molecule has 34 heteroatoms. The van der Waals surface area contributed by atoms with Crippen molar-refractivity contribution in [3.63, 3.8) is 0 Å². The monoisotopic (exact) mass is 1520 g/mol. The number of nitrogens with two attached hydrogens (primary N) is 2. The van der Waals surface area contributed by atoms with Crippen LogP contribution in [0.15, 0.2) is 79.1 Å². The molecule has 0 bridgehead atoms. The van der Waals surface area contributed by atoms with Crippen molar-refractivity contribution < 1.29 is 93.9 Å². The number of esters is 6. The van der Waals surface area contributed by atoms with Gasteiger partial charge >= 0.3 is 51.3 Å². The highest BCUT2D eigenvalue weighted by Crippen LogP contribution is 2.62.